The number of nitrogens with zero attached hydrogens (tertiary/aromatic N) is 3. The monoisotopic (exact) mass is 322 g/mol. The first-order chi connectivity index (χ1) is 11.0. The standard InChI is InChI=1S/C15H22N4O4/c1-3-9-23-15(22)7-8-19-11-12(17-18-19)10-16-14(21)6-5-13(20)4-2/h5-6,11H,3-4,7-10H2,1-2H3,(H,16,21)/b6-5-. The van der Waals surface area contributed by atoms with E-state index < -0.39 is 0 Å². The highest BCUT2D eigenvalue weighted by atomic mass is 16.5. The third-order valence-electron chi connectivity index (χ3n) is 2.81. The SMILES string of the molecule is CCCOC(=O)CCn1cc(CNC(=O)/C=C\C(=O)CC)nn1. The highest BCUT2D eigenvalue weighted by Crippen LogP contribution is 1.97. The van der Waals surface area contributed by atoms with E-state index in [1.807, 2.05) is 6.92 Å². The summed E-state index contributed by atoms with van der Waals surface area (Å²) in [5.41, 5.74) is 0.565. The number of ketones is 1. The summed E-state index contributed by atoms with van der Waals surface area (Å²) in [4.78, 5) is 33.9. The molecule has 1 amide bonds. The minimum atomic E-state index is -0.371. The van der Waals surface area contributed by atoms with Crippen LogP contribution in [0.5, 0.6) is 0 Å². The van der Waals surface area contributed by atoms with Crippen LogP contribution in [0.25, 0.3) is 0 Å². The van der Waals surface area contributed by atoms with Crippen molar-refractivity contribution < 1.29 is 19.1 Å². The van der Waals surface area contributed by atoms with E-state index in [9.17, 15) is 14.4 Å². The third-order valence-corrected chi connectivity index (χ3v) is 2.81. The lowest BCUT2D eigenvalue weighted by Gasteiger charge is -2.02. The molecule has 8 nitrogen and oxygen atoms in total. The van der Waals surface area contributed by atoms with Crippen molar-refractivity contribution in [2.75, 3.05) is 6.61 Å². The van der Waals surface area contributed by atoms with Crippen LogP contribution in [-0.2, 0) is 32.2 Å². The Morgan fingerprint density at radius 1 is 1.30 bits per heavy atom. The van der Waals surface area contributed by atoms with Crippen LogP contribution in [0.4, 0.5) is 0 Å². The third kappa shape index (κ3) is 7.89. The van der Waals surface area contributed by atoms with Gasteiger partial charge in [0.2, 0.25) is 5.91 Å². The Hall–Kier alpha value is -2.51. The fraction of sp³-hybridized carbons (Fsp3) is 0.533. The molecular formula is C15H22N4O4. The zero-order chi connectivity index (χ0) is 17.1. The molecule has 0 aliphatic carbocycles. The number of carbonyl (C=O) groups excluding carboxylic acids is 3. The number of ether oxygens (including phenoxy) is 1. The van der Waals surface area contributed by atoms with Gasteiger partial charge in [0, 0.05) is 12.5 Å². The molecule has 1 heterocycles. The van der Waals surface area contributed by atoms with Gasteiger partial charge in [0.25, 0.3) is 0 Å². The Morgan fingerprint density at radius 3 is 2.78 bits per heavy atom. The van der Waals surface area contributed by atoms with Crippen LogP contribution >= 0.6 is 0 Å². The Kier molecular flexibility index (Phi) is 8.27. The van der Waals surface area contributed by atoms with Crippen molar-refractivity contribution in [3.05, 3.63) is 24.0 Å². The molecule has 0 atom stereocenters. The van der Waals surface area contributed by atoms with E-state index in [0.29, 0.717) is 25.3 Å². The molecule has 1 N–H and O–H groups in total. The molecule has 0 fully saturated rings. The summed E-state index contributed by atoms with van der Waals surface area (Å²) >= 11 is 0. The molecule has 1 rings (SSSR count). The Bertz CT molecular complexity index is 566. The van der Waals surface area contributed by atoms with Gasteiger partial charge >= 0.3 is 5.97 Å². The van der Waals surface area contributed by atoms with E-state index in [0.717, 1.165) is 6.42 Å². The van der Waals surface area contributed by atoms with Gasteiger partial charge in [-0.3, -0.25) is 19.1 Å². The molecule has 0 aliphatic rings. The highest BCUT2D eigenvalue weighted by Gasteiger charge is 2.06. The molecule has 0 saturated carbocycles. The Balaban J connectivity index is 2.33. The molecule has 1 aromatic rings. The largest absolute Gasteiger partial charge is 0.466 e. The zero-order valence-corrected chi connectivity index (χ0v) is 13.4. The van der Waals surface area contributed by atoms with Crippen LogP contribution in [0.2, 0.25) is 0 Å². The lowest BCUT2D eigenvalue weighted by molar-refractivity contribution is -0.144. The number of hydrogen-bond acceptors (Lipinski definition) is 6. The fourth-order valence-electron chi connectivity index (χ4n) is 1.55. The van der Waals surface area contributed by atoms with E-state index in [4.69, 9.17) is 4.74 Å². The van der Waals surface area contributed by atoms with E-state index in [-0.39, 0.29) is 30.6 Å². The van der Waals surface area contributed by atoms with E-state index in [1.165, 1.54) is 16.8 Å². The lowest BCUT2D eigenvalue weighted by atomic mass is 10.3. The number of allylic oxidation sites excluding steroid dienone is 1. The van der Waals surface area contributed by atoms with E-state index in [1.54, 1.807) is 13.1 Å². The predicted octanol–water partition coefficient (Wildman–Crippen LogP) is 0.773. The van der Waals surface area contributed by atoms with Crippen LogP contribution < -0.4 is 5.32 Å². The van der Waals surface area contributed by atoms with Crippen molar-refractivity contribution in [1.29, 1.82) is 0 Å². The maximum atomic E-state index is 11.5. The first kappa shape index (κ1) is 18.5. The first-order valence-corrected chi connectivity index (χ1v) is 7.58. The van der Waals surface area contributed by atoms with Gasteiger partial charge in [0.05, 0.1) is 32.3 Å². The Labute approximate surface area is 134 Å². The molecule has 0 aliphatic heterocycles. The number of esters is 1. The van der Waals surface area contributed by atoms with Gasteiger partial charge in [-0.2, -0.15) is 0 Å². The molecule has 0 spiro atoms. The van der Waals surface area contributed by atoms with Crippen molar-refractivity contribution in [1.82, 2.24) is 20.3 Å². The quantitative estimate of drug-likeness (QED) is 0.504. The molecule has 1 aromatic heterocycles. The Morgan fingerprint density at radius 2 is 2.09 bits per heavy atom. The van der Waals surface area contributed by atoms with Gasteiger partial charge < -0.3 is 10.1 Å². The van der Waals surface area contributed by atoms with E-state index >= 15 is 0 Å². The van der Waals surface area contributed by atoms with Crippen LogP contribution in [0.15, 0.2) is 18.3 Å². The smallest absolute Gasteiger partial charge is 0.307 e. The van der Waals surface area contributed by atoms with Gasteiger partial charge in [-0.05, 0) is 12.5 Å². The lowest BCUT2D eigenvalue weighted by Crippen LogP contribution is -2.20. The van der Waals surface area contributed by atoms with Gasteiger partial charge in [-0.15, -0.1) is 5.10 Å². The van der Waals surface area contributed by atoms with Gasteiger partial charge in [-0.25, -0.2) is 0 Å². The molecule has 0 bridgehead atoms. The van der Waals surface area contributed by atoms with Crippen LogP contribution in [0.3, 0.4) is 0 Å². The number of nitrogens with one attached hydrogen (secondary N) is 1. The number of carbonyl (C=O) groups is 3. The minimum absolute atomic E-state index is 0.110. The molecule has 0 unspecified atom stereocenters. The highest BCUT2D eigenvalue weighted by molar-refractivity contribution is 5.97. The number of rotatable bonds is 10. The second kappa shape index (κ2) is 10.3. The number of hydrogen-bond donors (Lipinski definition) is 1. The van der Waals surface area contributed by atoms with Gasteiger partial charge in [0.1, 0.15) is 5.69 Å². The molecular weight excluding hydrogens is 300 g/mol. The summed E-state index contributed by atoms with van der Waals surface area (Å²) in [6.07, 6.45) is 5.45. The number of aromatic nitrogens is 3. The van der Waals surface area contributed by atoms with Crippen LogP contribution in [-0.4, -0.2) is 39.3 Å². The fourth-order valence-corrected chi connectivity index (χ4v) is 1.55. The van der Waals surface area contributed by atoms with Crippen molar-refractivity contribution in [3.63, 3.8) is 0 Å². The maximum Gasteiger partial charge on any atom is 0.307 e. The molecule has 8 heteroatoms. The number of aryl methyl sites for hydroxylation is 1. The van der Waals surface area contributed by atoms with Crippen molar-refractivity contribution >= 4 is 17.7 Å². The van der Waals surface area contributed by atoms with Crippen molar-refractivity contribution in [3.8, 4) is 0 Å². The van der Waals surface area contributed by atoms with Crippen LogP contribution in [0.1, 0.15) is 38.8 Å². The minimum Gasteiger partial charge on any atom is -0.466 e. The molecule has 0 saturated heterocycles. The summed E-state index contributed by atoms with van der Waals surface area (Å²) in [6.45, 7) is 4.64. The predicted molar refractivity (Wildman–Crippen MR) is 82.2 cm³/mol. The molecule has 126 valence electrons. The summed E-state index contributed by atoms with van der Waals surface area (Å²) in [7, 11) is 0. The van der Waals surface area contributed by atoms with Crippen molar-refractivity contribution in [2.45, 2.75) is 46.2 Å². The van der Waals surface area contributed by atoms with Gasteiger partial charge in [0.15, 0.2) is 5.78 Å². The molecule has 0 aromatic carbocycles. The topological polar surface area (TPSA) is 103 Å². The number of amides is 1. The molecule has 0 radical (unpaired) electrons. The average Bonchev–Trinajstić information content (AvgIpc) is 3.01. The second-order valence-electron chi connectivity index (χ2n) is 4.81. The van der Waals surface area contributed by atoms with Gasteiger partial charge in [-0.1, -0.05) is 19.1 Å². The normalized spacial score (nSPS) is 10.7. The second-order valence-corrected chi connectivity index (χ2v) is 4.81. The zero-order valence-electron chi connectivity index (χ0n) is 13.4. The summed E-state index contributed by atoms with van der Waals surface area (Å²) in [5.74, 6) is -0.756. The maximum absolute atomic E-state index is 11.5. The molecule has 23 heavy (non-hydrogen) atoms. The summed E-state index contributed by atoms with van der Waals surface area (Å²) < 4.78 is 6.48. The van der Waals surface area contributed by atoms with Crippen molar-refractivity contribution in [2.24, 2.45) is 0 Å². The van der Waals surface area contributed by atoms with E-state index in [2.05, 4.69) is 15.6 Å². The van der Waals surface area contributed by atoms with Crippen LogP contribution in [0, 0.1) is 0 Å². The first-order valence-electron chi connectivity index (χ1n) is 7.58. The average molecular weight is 322 g/mol. The summed E-state index contributed by atoms with van der Waals surface area (Å²) in [5, 5.41) is 10.4. The summed E-state index contributed by atoms with van der Waals surface area (Å²) in [6, 6.07) is 0.